The number of fused-ring (bicyclic) bond motifs is 1. The van der Waals surface area contributed by atoms with Gasteiger partial charge in [0, 0.05) is 5.69 Å². The molecule has 0 N–H and O–H groups in total. The lowest BCUT2D eigenvalue weighted by atomic mass is 10.3. The Bertz CT molecular complexity index is 385. The molecular weight excluding hydrogens is 186 g/mol. The second kappa shape index (κ2) is 7.85. The van der Waals surface area contributed by atoms with Crippen LogP contribution in [0, 0.1) is 6.92 Å². The molecule has 0 atom stereocenters. The zero-order valence-electron chi connectivity index (χ0n) is 10.2. The second-order valence-corrected chi connectivity index (χ2v) is 2.38. The summed E-state index contributed by atoms with van der Waals surface area (Å²) in [6, 6.07) is 3.88. The predicted octanol–water partition coefficient (Wildman–Crippen LogP) is 3.39. The Morgan fingerprint density at radius 3 is 2.27 bits per heavy atom. The molecular formula is C12H19N3. The molecule has 0 spiro atoms. The lowest BCUT2D eigenvalue weighted by Crippen LogP contribution is -1.85. The van der Waals surface area contributed by atoms with E-state index >= 15 is 0 Å². The Morgan fingerprint density at radius 1 is 0.933 bits per heavy atom. The Hall–Kier alpha value is -1.51. The van der Waals surface area contributed by atoms with Gasteiger partial charge in [-0.25, -0.2) is 15.0 Å². The van der Waals surface area contributed by atoms with E-state index in [1.165, 1.54) is 6.33 Å². The minimum atomic E-state index is 0.854. The van der Waals surface area contributed by atoms with E-state index in [2.05, 4.69) is 15.0 Å². The molecule has 3 heteroatoms. The Morgan fingerprint density at radius 2 is 1.60 bits per heavy atom. The van der Waals surface area contributed by atoms with Gasteiger partial charge in [-0.1, -0.05) is 27.7 Å². The normalized spacial score (nSPS) is 8.33. The van der Waals surface area contributed by atoms with Crippen molar-refractivity contribution in [2.75, 3.05) is 0 Å². The molecule has 0 amide bonds. The second-order valence-electron chi connectivity index (χ2n) is 2.38. The van der Waals surface area contributed by atoms with Gasteiger partial charge in [0.1, 0.15) is 11.8 Å². The van der Waals surface area contributed by atoms with Gasteiger partial charge in [0.15, 0.2) is 0 Å². The number of hydrogen-bond acceptors (Lipinski definition) is 3. The van der Waals surface area contributed by atoms with Crippen LogP contribution in [-0.2, 0) is 0 Å². The zero-order valence-corrected chi connectivity index (χ0v) is 10.2. The molecule has 0 aliphatic heterocycles. The topological polar surface area (TPSA) is 38.7 Å². The lowest BCUT2D eigenvalue weighted by Gasteiger charge is -1.94. The summed E-state index contributed by atoms with van der Waals surface area (Å²) in [5.41, 5.74) is 2.74. The van der Waals surface area contributed by atoms with Gasteiger partial charge in [0.2, 0.25) is 0 Å². The van der Waals surface area contributed by atoms with Gasteiger partial charge in [-0.2, -0.15) is 0 Å². The van der Waals surface area contributed by atoms with Crippen molar-refractivity contribution < 1.29 is 0 Å². The van der Waals surface area contributed by atoms with Crippen LogP contribution in [0.15, 0.2) is 24.7 Å². The number of rotatable bonds is 0. The van der Waals surface area contributed by atoms with E-state index in [0.717, 1.165) is 16.7 Å². The van der Waals surface area contributed by atoms with Crippen LogP contribution in [-0.4, -0.2) is 15.0 Å². The van der Waals surface area contributed by atoms with E-state index in [1.54, 1.807) is 6.20 Å². The van der Waals surface area contributed by atoms with Gasteiger partial charge in [0.05, 0.1) is 11.7 Å². The van der Waals surface area contributed by atoms with Crippen LogP contribution in [0.5, 0.6) is 0 Å². The molecule has 0 aliphatic carbocycles. The third-order valence-corrected chi connectivity index (χ3v) is 1.50. The van der Waals surface area contributed by atoms with E-state index in [9.17, 15) is 0 Å². The maximum atomic E-state index is 4.25. The molecule has 2 aromatic heterocycles. The van der Waals surface area contributed by atoms with E-state index in [0.29, 0.717) is 0 Å². The molecule has 2 rings (SSSR count). The summed E-state index contributed by atoms with van der Waals surface area (Å²) in [4.78, 5) is 12.2. The maximum Gasteiger partial charge on any atom is 0.116 e. The van der Waals surface area contributed by atoms with Gasteiger partial charge in [0.25, 0.3) is 0 Å². The molecule has 0 aliphatic rings. The molecule has 15 heavy (non-hydrogen) atoms. The smallest absolute Gasteiger partial charge is 0.116 e. The molecule has 0 fully saturated rings. The maximum absolute atomic E-state index is 4.25. The Balaban J connectivity index is 0.000000442. The summed E-state index contributed by atoms with van der Waals surface area (Å²) < 4.78 is 0. The average Bonchev–Trinajstić information content (AvgIpc) is 2.34. The van der Waals surface area contributed by atoms with Crippen LogP contribution in [0.3, 0.4) is 0 Å². The van der Waals surface area contributed by atoms with Crippen molar-refractivity contribution in [2.45, 2.75) is 34.6 Å². The van der Waals surface area contributed by atoms with Crippen LogP contribution >= 0.6 is 0 Å². The highest BCUT2D eigenvalue weighted by atomic mass is 14.9. The summed E-state index contributed by atoms with van der Waals surface area (Å²) in [7, 11) is 0. The molecule has 0 saturated carbocycles. The van der Waals surface area contributed by atoms with Crippen molar-refractivity contribution >= 4 is 11.0 Å². The summed E-state index contributed by atoms with van der Waals surface area (Å²) in [5.74, 6) is 0. The average molecular weight is 205 g/mol. The number of nitrogens with zero attached hydrogens (tertiary/aromatic N) is 3. The minimum Gasteiger partial charge on any atom is -0.250 e. The number of aryl methyl sites for hydroxylation is 1. The number of hydrogen-bond donors (Lipinski definition) is 0. The van der Waals surface area contributed by atoms with Gasteiger partial charge < -0.3 is 0 Å². The van der Waals surface area contributed by atoms with Crippen molar-refractivity contribution in [2.24, 2.45) is 0 Å². The van der Waals surface area contributed by atoms with Crippen LogP contribution in [0.1, 0.15) is 33.4 Å². The summed E-state index contributed by atoms with van der Waals surface area (Å²) in [6.07, 6.45) is 3.24. The van der Waals surface area contributed by atoms with Crippen LogP contribution < -0.4 is 0 Å². The number of aromatic nitrogens is 3. The highest BCUT2D eigenvalue weighted by molar-refractivity contribution is 5.72. The van der Waals surface area contributed by atoms with Gasteiger partial charge >= 0.3 is 0 Å². The van der Waals surface area contributed by atoms with E-state index in [4.69, 9.17) is 0 Å². The molecule has 0 aromatic carbocycles. The minimum absolute atomic E-state index is 0.854. The molecule has 0 unspecified atom stereocenters. The third kappa shape index (κ3) is 4.02. The Labute approximate surface area is 91.6 Å². The first kappa shape index (κ1) is 13.5. The molecule has 82 valence electrons. The fourth-order valence-corrected chi connectivity index (χ4v) is 0.973. The monoisotopic (exact) mass is 205 g/mol. The van der Waals surface area contributed by atoms with Crippen LogP contribution in [0.2, 0.25) is 0 Å². The van der Waals surface area contributed by atoms with Gasteiger partial charge in [-0.05, 0) is 19.1 Å². The van der Waals surface area contributed by atoms with E-state index in [1.807, 2.05) is 46.8 Å². The van der Waals surface area contributed by atoms with Crippen molar-refractivity contribution in [3.8, 4) is 0 Å². The molecule has 3 nitrogen and oxygen atoms in total. The highest BCUT2D eigenvalue weighted by Gasteiger charge is 1.93. The molecule has 2 heterocycles. The first-order chi connectivity index (χ1) is 7.36. The number of pyridine rings is 1. The summed E-state index contributed by atoms with van der Waals surface area (Å²) >= 11 is 0. The SMILES string of the molecule is CC.CC.Cc1ccc2ncncc2n1. The van der Waals surface area contributed by atoms with Gasteiger partial charge in [-0.15, -0.1) is 0 Å². The van der Waals surface area contributed by atoms with Crippen molar-refractivity contribution in [3.05, 3.63) is 30.4 Å². The molecule has 0 radical (unpaired) electrons. The van der Waals surface area contributed by atoms with Crippen molar-refractivity contribution in [3.63, 3.8) is 0 Å². The molecule has 0 saturated heterocycles. The molecule has 0 bridgehead atoms. The summed E-state index contributed by atoms with van der Waals surface area (Å²) in [6.45, 7) is 9.95. The van der Waals surface area contributed by atoms with E-state index < -0.39 is 0 Å². The van der Waals surface area contributed by atoms with Crippen molar-refractivity contribution in [1.82, 2.24) is 15.0 Å². The van der Waals surface area contributed by atoms with E-state index in [-0.39, 0.29) is 0 Å². The van der Waals surface area contributed by atoms with Crippen LogP contribution in [0.4, 0.5) is 0 Å². The Kier molecular flexibility index (Phi) is 7.06. The van der Waals surface area contributed by atoms with Crippen molar-refractivity contribution in [1.29, 1.82) is 0 Å². The predicted molar refractivity (Wildman–Crippen MR) is 64.8 cm³/mol. The lowest BCUT2D eigenvalue weighted by molar-refractivity contribution is 1.17. The fourth-order valence-electron chi connectivity index (χ4n) is 0.973. The fraction of sp³-hybridized carbons (Fsp3) is 0.417. The standard InChI is InChI=1S/C8H7N3.2C2H6/c1-6-2-3-7-8(11-6)4-9-5-10-7;2*1-2/h2-5H,1H3;2*1-2H3. The third-order valence-electron chi connectivity index (χ3n) is 1.50. The largest absolute Gasteiger partial charge is 0.250 e. The highest BCUT2D eigenvalue weighted by Crippen LogP contribution is 2.05. The first-order valence-electron chi connectivity index (χ1n) is 5.39. The quantitative estimate of drug-likeness (QED) is 0.661. The van der Waals surface area contributed by atoms with Crippen LogP contribution in [0.25, 0.3) is 11.0 Å². The van der Waals surface area contributed by atoms with Gasteiger partial charge in [-0.3, -0.25) is 0 Å². The first-order valence-corrected chi connectivity index (χ1v) is 5.39. The zero-order chi connectivity index (χ0) is 11.7. The molecule has 2 aromatic rings. The summed E-state index contributed by atoms with van der Waals surface area (Å²) in [5, 5.41) is 0.